The highest BCUT2D eigenvalue weighted by Gasteiger charge is 2.22. The van der Waals surface area contributed by atoms with Gasteiger partial charge in [-0.25, -0.2) is 9.97 Å². The SMILES string of the molecule is c1ccc(-c2ccc(-c3nc(-c4ccc5c(c4)c4ccccc4n5-c4ccccc4)c4c(n3)c3ccccc3n4-c3ccccc3)cc2)cc1. The van der Waals surface area contributed by atoms with Crippen molar-refractivity contribution in [2.75, 3.05) is 0 Å². The second kappa shape index (κ2) is 11.4. The van der Waals surface area contributed by atoms with Crippen LogP contribution in [0.2, 0.25) is 0 Å². The Balaban J connectivity index is 1.27. The van der Waals surface area contributed by atoms with Gasteiger partial charge in [-0.2, -0.15) is 0 Å². The Kier molecular flexibility index (Phi) is 6.46. The fraction of sp³-hybridized carbons (Fsp3) is 0. The van der Waals surface area contributed by atoms with E-state index < -0.39 is 0 Å². The second-order valence-corrected chi connectivity index (χ2v) is 12.6. The highest BCUT2D eigenvalue weighted by atomic mass is 15.0. The van der Waals surface area contributed by atoms with Gasteiger partial charge in [0.2, 0.25) is 0 Å². The van der Waals surface area contributed by atoms with Gasteiger partial charge in [-0.15, -0.1) is 0 Å². The third kappa shape index (κ3) is 4.46. The first-order valence-electron chi connectivity index (χ1n) is 16.9. The van der Waals surface area contributed by atoms with Crippen molar-refractivity contribution in [3.8, 4) is 45.1 Å². The van der Waals surface area contributed by atoms with Crippen LogP contribution in [0, 0.1) is 0 Å². The predicted octanol–water partition coefficient (Wildman–Crippen LogP) is 11.7. The van der Waals surface area contributed by atoms with E-state index in [0.717, 1.165) is 61.2 Å². The number of hydrogen-bond acceptors (Lipinski definition) is 2. The summed E-state index contributed by atoms with van der Waals surface area (Å²) in [4.78, 5) is 10.8. The molecule has 0 radical (unpaired) electrons. The minimum atomic E-state index is 0.704. The van der Waals surface area contributed by atoms with Crippen LogP contribution in [0.25, 0.3) is 88.9 Å². The van der Waals surface area contributed by atoms with Gasteiger partial charge in [-0.05, 0) is 59.7 Å². The third-order valence-electron chi connectivity index (χ3n) is 9.73. The predicted molar refractivity (Wildman–Crippen MR) is 207 cm³/mol. The summed E-state index contributed by atoms with van der Waals surface area (Å²) in [6.07, 6.45) is 0. The summed E-state index contributed by atoms with van der Waals surface area (Å²) in [6, 6.07) is 64.2. The number of fused-ring (bicyclic) bond motifs is 6. The van der Waals surface area contributed by atoms with Gasteiger partial charge in [0.05, 0.1) is 27.8 Å². The third-order valence-corrected chi connectivity index (χ3v) is 9.73. The topological polar surface area (TPSA) is 35.6 Å². The van der Waals surface area contributed by atoms with E-state index in [9.17, 15) is 0 Å². The largest absolute Gasteiger partial charge is 0.309 e. The molecule has 0 saturated heterocycles. The van der Waals surface area contributed by atoms with E-state index in [1.54, 1.807) is 0 Å². The van der Waals surface area contributed by atoms with E-state index in [4.69, 9.17) is 9.97 Å². The molecule has 0 atom stereocenters. The molecule has 0 unspecified atom stereocenters. The number of nitrogens with zero attached hydrogens (tertiary/aromatic N) is 4. The summed E-state index contributed by atoms with van der Waals surface area (Å²) < 4.78 is 4.67. The molecule has 4 nitrogen and oxygen atoms in total. The van der Waals surface area contributed by atoms with Gasteiger partial charge >= 0.3 is 0 Å². The summed E-state index contributed by atoms with van der Waals surface area (Å²) in [7, 11) is 0. The quantitative estimate of drug-likeness (QED) is 0.188. The zero-order chi connectivity index (χ0) is 33.0. The Morgan fingerprint density at radius 2 is 0.840 bits per heavy atom. The molecule has 50 heavy (non-hydrogen) atoms. The van der Waals surface area contributed by atoms with Crippen LogP contribution in [0.1, 0.15) is 0 Å². The lowest BCUT2D eigenvalue weighted by atomic mass is 10.0. The molecule has 234 valence electrons. The highest BCUT2D eigenvalue weighted by molar-refractivity contribution is 6.14. The fourth-order valence-corrected chi connectivity index (χ4v) is 7.44. The highest BCUT2D eigenvalue weighted by Crippen LogP contribution is 2.40. The molecule has 10 aromatic rings. The molecular weight excluding hydrogens is 609 g/mol. The summed E-state index contributed by atoms with van der Waals surface area (Å²) >= 11 is 0. The van der Waals surface area contributed by atoms with Gasteiger partial charge in [0, 0.05) is 38.7 Å². The minimum absolute atomic E-state index is 0.704. The molecule has 0 aliphatic heterocycles. The maximum absolute atomic E-state index is 5.44. The van der Waals surface area contributed by atoms with Crippen LogP contribution in [-0.4, -0.2) is 19.1 Å². The molecule has 0 N–H and O–H groups in total. The average Bonchev–Trinajstić information content (AvgIpc) is 3.71. The van der Waals surface area contributed by atoms with Crippen LogP contribution >= 0.6 is 0 Å². The van der Waals surface area contributed by atoms with Crippen LogP contribution in [0.5, 0.6) is 0 Å². The van der Waals surface area contributed by atoms with Gasteiger partial charge in [0.1, 0.15) is 5.52 Å². The standard InChI is InChI=1S/C46H30N4/c1-4-14-31(15-5-1)32-24-26-33(27-25-32)46-47-43(45-44(48-46)38-21-11-13-23-41(38)50(45)36-18-8-3-9-19-36)34-28-29-42-39(30-34)37-20-10-12-22-40(37)49(42)35-16-6-2-7-17-35/h1-30H. The van der Waals surface area contributed by atoms with Crippen molar-refractivity contribution in [3.05, 3.63) is 182 Å². The molecule has 4 heteroatoms. The normalized spacial score (nSPS) is 11.6. The van der Waals surface area contributed by atoms with Crippen LogP contribution in [0.4, 0.5) is 0 Å². The molecule has 0 amide bonds. The first-order chi connectivity index (χ1) is 24.8. The van der Waals surface area contributed by atoms with Crippen molar-refractivity contribution in [3.63, 3.8) is 0 Å². The molecule has 0 bridgehead atoms. The van der Waals surface area contributed by atoms with E-state index in [2.05, 4.69) is 185 Å². The molecule has 7 aromatic carbocycles. The van der Waals surface area contributed by atoms with E-state index >= 15 is 0 Å². The molecule has 0 aliphatic rings. The van der Waals surface area contributed by atoms with Crippen molar-refractivity contribution in [1.82, 2.24) is 19.1 Å². The summed E-state index contributed by atoms with van der Waals surface area (Å²) in [5.41, 5.74) is 12.8. The molecule has 0 saturated carbocycles. The Morgan fingerprint density at radius 1 is 0.340 bits per heavy atom. The smallest absolute Gasteiger partial charge is 0.160 e. The Labute approximate surface area is 289 Å². The Hall–Kier alpha value is -6.78. The maximum Gasteiger partial charge on any atom is 0.160 e. The summed E-state index contributed by atoms with van der Waals surface area (Å²) in [5, 5.41) is 3.49. The fourth-order valence-electron chi connectivity index (χ4n) is 7.44. The monoisotopic (exact) mass is 638 g/mol. The van der Waals surface area contributed by atoms with Crippen molar-refractivity contribution in [2.24, 2.45) is 0 Å². The van der Waals surface area contributed by atoms with Crippen molar-refractivity contribution in [2.45, 2.75) is 0 Å². The first-order valence-corrected chi connectivity index (χ1v) is 16.9. The van der Waals surface area contributed by atoms with E-state index in [-0.39, 0.29) is 0 Å². The molecule has 0 spiro atoms. The van der Waals surface area contributed by atoms with Crippen LogP contribution in [0.15, 0.2) is 182 Å². The van der Waals surface area contributed by atoms with Crippen LogP contribution in [-0.2, 0) is 0 Å². The van der Waals surface area contributed by atoms with Gasteiger partial charge in [0.15, 0.2) is 5.82 Å². The Bertz CT molecular complexity index is 2830. The van der Waals surface area contributed by atoms with Crippen molar-refractivity contribution in [1.29, 1.82) is 0 Å². The number of hydrogen-bond donors (Lipinski definition) is 0. The summed E-state index contributed by atoms with van der Waals surface area (Å²) in [6.45, 7) is 0. The van der Waals surface area contributed by atoms with Gasteiger partial charge in [-0.1, -0.05) is 133 Å². The molecular formula is C46H30N4. The molecule has 0 aliphatic carbocycles. The zero-order valence-corrected chi connectivity index (χ0v) is 27.1. The zero-order valence-electron chi connectivity index (χ0n) is 27.1. The lowest BCUT2D eigenvalue weighted by Crippen LogP contribution is -2.00. The van der Waals surface area contributed by atoms with Crippen LogP contribution in [0.3, 0.4) is 0 Å². The molecule has 0 fully saturated rings. The van der Waals surface area contributed by atoms with Gasteiger partial charge < -0.3 is 9.13 Å². The maximum atomic E-state index is 5.44. The summed E-state index contributed by atoms with van der Waals surface area (Å²) in [5.74, 6) is 0.704. The molecule has 3 heterocycles. The second-order valence-electron chi connectivity index (χ2n) is 12.6. The minimum Gasteiger partial charge on any atom is -0.309 e. The lowest BCUT2D eigenvalue weighted by molar-refractivity contribution is 1.15. The molecule has 10 rings (SSSR count). The lowest BCUT2D eigenvalue weighted by Gasteiger charge is -2.13. The number of benzene rings is 7. The number of rotatable bonds is 5. The van der Waals surface area contributed by atoms with Crippen LogP contribution < -0.4 is 0 Å². The van der Waals surface area contributed by atoms with E-state index in [1.165, 1.54) is 21.9 Å². The van der Waals surface area contributed by atoms with E-state index in [0.29, 0.717) is 5.82 Å². The molecule has 3 aromatic heterocycles. The van der Waals surface area contributed by atoms with Gasteiger partial charge in [0.25, 0.3) is 0 Å². The van der Waals surface area contributed by atoms with Crippen molar-refractivity contribution >= 4 is 43.7 Å². The first kappa shape index (κ1) is 28.3. The van der Waals surface area contributed by atoms with Gasteiger partial charge in [-0.3, -0.25) is 0 Å². The van der Waals surface area contributed by atoms with Crippen molar-refractivity contribution < 1.29 is 0 Å². The number of aromatic nitrogens is 4. The van der Waals surface area contributed by atoms with E-state index in [1.807, 2.05) is 6.07 Å². The number of para-hydroxylation sites is 4. The average molecular weight is 639 g/mol. The Morgan fingerprint density at radius 3 is 1.54 bits per heavy atom.